The Labute approximate surface area is 69.6 Å². The summed E-state index contributed by atoms with van der Waals surface area (Å²) < 4.78 is 0. The van der Waals surface area contributed by atoms with Crippen molar-refractivity contribution in [2.24, 2.45) is 17.3 Å². The van der Waals surface area contributed by atoms with Crippen molar-refractivity contribution in [1.82, 2.24) is 5.32 Å². The summed E-state index contributed by atoms with van der Waals surface area (Å²) >= 11 is 0. The van der Waals surface area contributed by atoms with E-state index < -0.39 is 0 Å². The maximum atomic E-state index is 3.53. The zero-order valence-corrected chi connectivity index (χ0v) is 7.69. The van der Waals surface area contributed by atoms with Gasteiger partial charge in [-0.2, -0.15) is 0 Å². The van der Waals surface area contributed by atoms with Gasteiger partial charge >= 0.3 is 0 Å². The van der Waals surface area contributed by atoms with Crippen LogP contribution in [0.3, 0.4) is 0 Å². The third-order valence-corrected chi connectivity index (χ3v) is 4.03. The summed E-state index contributed by atoms with van der Waals surface area (Å²) in [6, 6.07) is 0. The van der Waals surface area contributed by atoms with Crippen molar-refractivity contribution in [2.75, 3.05) is 13.1 Å². The van der Waals surface area contributed by atoms with Crippen LogP contribution in [-0.2, 0) is 0 Å². The van der Waals surface area contributed by atoms with Crippen molar-refractivity contribution < 1.29 is 0 Å². The van der Waals surface area contributed by atoms with Gasteiger partial charge in [-0.3, -0.25) is 0 Å². The molecule has 0 aromatic rings. The molecule has 1 aliphatic heterocycles. The van der Waals surface area contributed by atoms with Crippen LogP contribution in [0.5, 0.6) is 0 Å². The molecular formula is C10H19N. The maximum Gasteiger partial charge on any atom is -0.00153 e. The lowest BCUT2D eigenvalue weighted by molar-refractivity contribution is 0.198. The molecule has 2 aliphatic rings. The smallest absolute Gasteiger partial charge is 0.00153 e. The number of rotatable bonds is 0. The van der Waals surface area contributed by atoms with Crippen molar-refractivity contribution in [1.29, 1.82) is 0 Å². The Morgan fingerprint density at radius 1 is 1.09 bits per heavy atom. The highest BCUT2D eigenvalue weighted by atomic mass is 14.9. The first kappa shape index (κ1) is 7.60. The fraction of sp³-hybridized carbons (Fsp3) is 1.00. The molecule has 1 saturated carbocycles. The van der Waals surface area contributed by atoms with Crippen LogP contribution in [0, 0.1) is 17.3 Å². The topological polar surface area (TPSA) is 12.0 Å². The first-order chi connectivity index (χ1) is 5.21. The van der Waals surface area contributed by atoms with E-state index in [1.165, 1.54) is 32.4 Å². The molecule has 2 atom stereocenters. The van der Waals surface area contributed by atoms with Gasteiger partial charge in [-0.1, -0.05) is 13.8 Å². The van der Waals surface area contributed by atoms with Gasteiger partial charge in [-0.15, -0.1) is 0 Å². The highest BCUT2D eigenvalue weighted by Gasteiger charge is 2.43. The maximum absolute atomic E-state index is 3.53. The molecule has 2 fully saturated rings. The SMILES string of the molecule is CC1(C)C2CCNCC1CC2. The van der Waals surface area contributed by atoms with Gasteiger partial charge in [0.15, 0.2) is 0 Å². The van der Waals surface area contributed by atoms with Gasteiger partial charge < -0.3 is 5.32 Å². The molecule has 0 aromatic carbocycles. The van der Waals surface area contributed by atoms with Gasteiger partial charge in [-0.25, -0.2) is 0 Å². The van der Waals surface area contributed by atoms with E-state index in [2.05, 4.69) is 19.2 Å². The van der Waals surface area contributed by atoms with Crippen LogP contribution >= 0.6 is 0 Å². The number of nitrogens with one attached hydrogen (secondary N) is 1. The molecule has 1 nitrogen and oxygen atoms in total. The van der Waals surface area contributed by atoms with Gasteiger partial charge in [0.2, 0.25) is 0 Å². The molecule has 11 heavy (non-hydrogen) atoms. The van der Waals surface area contributed by atoms with E-state index in [0.717, 1.165) is 11.8 Å². The molecule has 1 heterocycles. The van der Waals surface area contributed by atoms with Gasteiger partial charge in [0.25, 0.3) is 0 Å². The standard InChI is InChI=1S/C10H19N/c1-10(2)8-3-4-9(10)7-11-6-5-8/h8-9,11H,3-7H2,1-2H3. The second kappa shape index (κ2) is 2.48. The minimum absolute atomic E-state index is 0.628. The highest BCUT2D eigenvalue weighted by Crippen LogP contribution is 2.49. The van der Waals surface area contributed by atoms with Crippen molar-refractivity contribution >= 4 is 0 Å². The Balaban J connectivity index is 2.19. The van der Waals surface area contributed by atoms with Crippen LogP contribution < -0.4 is 5.32 Å². The molecular weight excluding hydrogens is 134 g/mol. The minimum Gasteiger partial charge on any atom is -0.316 e. The van der Waals surface area contributed by atoms with Gasteiger partial charge in [0, 0.05) is 0 Å². The summed E-state index contributed by atoms with van der Waals surface area (Å²) in [5, 5.41) is 3.53. The molecule has 0 amide bonds. The summed E-state index contributed by atoms with van der Waals surface area (Å²) in [4.78, 5) is 0. The van der Waals surface area contributed by atoms with Crippen LogP contribution in [0.15, 0.2) is 0 Å². The monoisotopic (exact) mass is 153 g/mol. The van der Waals surface area contributed by atoms with Crippen molar-refractivity contribution in [3.8, 4) is 0 Å². The number of hydrogen-bond acceptors (Lipinski definition) is 1. The number of hydrogen-bond donors (Lipinski definition) is 1. The predicted molar refractivity (Wildman–Crippen MR) is 47.5 cm³/mol. The van der Waals surface area contributed by atoms with E-state index in [1.807, 2.05) is 0 Å². The zero-order valence-electron chi connectivity index (χ0n) is 7.69. The summed E-state index contributed by atoms with van der Waals surface area (Å²) in [5.74, 6) is 1.96. The largest absolute Gasteiger partial charge is 0.316 e. The molecule has 0 radical (unpaired) electrons. The lowest BCUT2D eigenvalue weighted by atomic mass is 9.75. The highest BCUT2D eigenvalue weighted by molar-refractivity contribution is 4.94. The summed E-state index contributed by atoms with van der Waals surface area (Å²) in [5.41, 5.74) is 0.628. The molecule has 1 heteroatoms. The molecule has 0 spiro atoms. The summed E-state index contributed by atoms with van der Waals surface area (Å²) in [7, 11) is 0. The fourth-order valence-corrected chi connectivity index (χ4v) is 2.91. The van der Waals surface area contributed by atoms with Crippen molar-refractivity contribution in [3.63, 3.8) is 0 Å². The Hall–Kier alpha value is -0.0400. The average molecular weight is 153 g/mol. The quantitative estimate of drug-likeness (QED) is 0.561. The second-order valence-electron chi connectivity index (χ2n) is 4.79. The normalized spacial score (nSPS) is 42.0. The van der Waals surface area contributed by atoms with Crippen LogP contribution in [0.4, 0.5) is 0 Å². The fourth-order valence-electron chi connectivity index (χ4n) is 2.91. The molecule has 64 valence electrons. The zero-order chi connectivity index (χ0) is 7.90. The van der Waals surface area contributed by atoms with Crippen molar-refractivity contribution in [2.45, 2.75) is 33.1 Å². The Morgan fingerprint density at radius 3 is 2.64 bits per heavy atom. The lowest BCUT2D eigenvalue weighted by Gasteiger charge is -2.30. The third kappa shape index (κ3) is 1.10. The van der Waals surface area contributed by atoms with E-state index >= 15 is 0 Å². The Bertz CT molecular complexity index is 135. The molecule has 2 unspecified atom stereocenters. The van der Waals surface area contributed by atoms with Crippen molar-refractivity contribution in [3.05, 3.63) is 0 Å². The van der Waals surface area contributed by atoms with Crippen LogP contribution in [0.1, 0.15) is 33.1 Å². The lowest BCUT2D eigenvalue weighted by Crippen LogP contribution is -2.28. The third-order valence-electron chi connectivity index (χ3n) is 4.03. The number of fused-ring (bicyclic) bond motifs is 2. The molecule has 2 rings (SSSR count). The van der Waals surface area contributed by atoms with Crippen LogP contribution in [0.2, 0.25) is 0 Å². The molecule has 2 bridgehead atoms. The Morgan fingerprint density at radius 2 is 1.82 bits per heavy atom. The van der Waals surface area contributed by atoms with E-state index in [1.54, 1.807) is 0 Å². The van der Waals surface area contributed by atoms with Crippen LogP contribution in [-0.4, -0.2) is 13.1 Å². The predicted octanol–water partition coefficient (Wildman–Crippen LogP) is 2.03. The molecule has 1 N–H and O–H groups in total. The molecule has 0 aromatic heterocycles. The van der Waals surface area contributed by atoms with E-state index in [9.17, 15) is 0 Å². The van der Waals surface area contributed by atoms with E-state index in [4.69, 9.17) is 0 Å². The minimum atomic E-state index is 0.628. The van der Waals surface area contributed by atoms with Gasteiger partial charge in [0.1, 0.15) is 0 Å². The summed E-state index contributed by atoms with van der Waals surface area (Å²) in [6.07, 6.45) is 4.35. The van der Waals surface area contributed by atoms with Gasteiger partial charge in [0.05, 0.1) is 0 Å². The first-order valence-corrected chi connectivity index (χ1v) is 4.92. The van der Waals surface area contributed by atoms with E-state index in [0.29, 0.717) is 5.41 Å². The van der Waals surface area contributed by atoms with Crippen LogP contribution in [0.25, 0.3) is 0 Å². The second-order valence-corrected chi connectivity index (χ2v) is 4.79. The summed E-state index contributed by atoms with van der Waals surface area (Å²) in [6.45, 7) is 7.44. The molecule has 1 aliphatic carbocycles. The van der Waals surface area contributed by atoms with Gasteiger partial charge in [-0.05, 0) is 49.6 Å². The Kier molecular flexibility index (Phi) is 1.71. The average Bonchev–Trinajstić information content (AvgIpc) is 2.00. The molecule has 1 saturated heterocycles. The van der Waals surface area contributed by atoms with E-state index in [-0.39, 0.29) is 0 Å². The first-order valence-electron chi connectivity index (χ1n) is 4.92.